The molecule has 1 nitrogen and oxygen atoms in total. The van der Waals surface area contributed by atoms with Gasteiger partial charge in [0.25, 0.3) is 0 Å². The molecule has 96 valence electrons. The number of thioether (sulfide) groups is 1. The fourth-order valence-corrected chi connectivity index (χ4v) is 4.20. The molecular weight excluding hydrogens is 326 g/mol. The molecule has 0 spiro atoms. The minimum atomic E-state index is 0.267. The van der Waals surface area contributed by atoms with Gasteiger partial charge >= 0.3 is 0 Å². The molecule has 0 aliphatic heterocycles. The van der Waals surface area contributed by atoms with E-state index in [9.17, 15) is 0 Å². The quantitative estimate of drug-likeness (QED) is 0.797. The van der Waals surface area contributed by atoms with Crippen molar-refractivity contribution in [2.75, 3.05) is 13.3 Å². The first-order chi connectivity index (χ1) is 8.65. The largest absolute Gasteiger partial charge is 0.309 e. The molecule has 0 fully saturated rings. The van der Waals surface area contributed by atoms with Crippen LogP contribution in [0.1, 0.15) is 22.0 Å². The van der Waals surface area contributed by atoms with Crippen LogP contribution in [-0.2, 0) is 0 Å². The van der Waals surface area contributed by atoms with E-state index in [4.69, 9.17) is 0 Å². The second kappa shape index (κ2) is 6.24. The molecule has 2 rings (SSSR count). The summed E-state index contributed by atoms with van der Waals surface area (Å²) in [7, 11) is 2.01. The summed E-state index contributed by atoms with van der Waals surface area (Å²) >= 11 is 7.13. The Morgan fingerprint density at radius 3 is 2.39 bits per heavy atom. The van der Waals surface area contributed by atoms with Gasteiger partial charge in [-0.05, 0) is 65.5 Å². The highest BCUT2D eigenvalue weighted by Gasteiger charge is 2.16. The summed E-state index contributed by atoms with van der Waals surface area (Å²) in [6, 6.07) is 11.3. The zero-order valence-electron chi connectivity index (χ0n) is 10.7. The number of hydrogen-bond donors (Lipinski definition) is 1. The molecule has 2 aromatic rings. The molecule has 18 heavy (non-hydrogen) atoms. The van der Waals surface area contributed by atoms with Crippen molar-refractivity contribution in [3.05, 3.63) is 50.1 Å². The molecule has 1 unspecified atom stereocenters. The first kappa shape index (κ1) is 14.1. The fourth-order valence-electron chi connectivity index (χ4n) is 2.04. The average molecular weight is 342 g/mol. The maximum Gasteiger partial charge on any atom is 0.0704 e. The maximum atomic E-state index is 3.56. The zero-order chi connectivity index (χ0) is 13.1. The second-order valence-electron chi connectivity index (χ2n) is 4.06. The predicted octanol–water partition coefficient (Wildman–Crippen LogP) is 4.85. The number of thiophene rings is 1. The second-order valence-corrected chi connectivity index (χ2v) is 7.57. The van der Waals surface area contributed by atoms with Crippen molar-refractivity contribution >= 4 is 39.0 Å². The Bertz CT molecular complexity index is 519. The summed E-state index contributed by atoms with van der Waals surface area (Å²) in [5.74, 6) is 0. The molecule has 0 saturated carbocycles. The molecule has 1 N–H and O–H groups in total. The Morgan fingerprint density at radius 1 is 1.28 bits per heavy atom. The van der Waals surface area contributed by atoms with Crippen molar-refractivity contribution in [1.82, 2.24) is 5.32 Å². The van der Waals surface area contributed by atoms with Crippen LogP contribution in [0.4, 0.5) is 0 Å². The Balaban J connectivity index is 2.35. The molecule has 4 heteroatoms. The van der Waals surface area contributed by atoms with Crippen LogP contribution < -0.4 is 5.32 Å². The first-order valence-electron chi connectivity index (χ1n) is 5.72. The van der Waals surface area contributed by atoms with E-state index >= 15 is 0 Å². The highest BCUT2D eigenvalue weighted by Crippen LogP contribution is 2.33. The third-order valence-electron chi connectivity index (χ3n) is 2.97. The summed E-state index contributed by atoms with van der Waals surface area (Å²) in [4.78, 5) is 2.66. The van der Waals surface area contributed by atoms with Crippen LogP contribution in [0, 0.1) is 6.92 Å². The van der Waals surface area contributed by atoms with Crippen LogP contribution in [0.2, 0.25) is 0 Å². The summed E-state index contributed by atoms with van der Waals surface area (Å²) < 4.78 is 1.19. The standard InChI is InChI=1S/C14H16BrNS2/c1-9-12(8-13(15)18-9)14(16-2)10-4-6-11(17-3)7-5-10/h4-8,14,16H,1-3H3. The molecule has 0 radical (unpaired) electrons. The molecule has 0 aliphatic rings. The Hall–Kier alpha value is -0.290. The van der Waals surface area contributed by atoms with E-state index in [-0.39, 0.29) is 6.04 Å². The van der Waals surface area contributed by atoms with Gasteiger partial charge in [0.05, 0.1) is 9.83 Å². The van der Waals surface area contributed by atoms with Crippen LogP contribution in [-0.4, -0.2) is 13.3 Å². The van der Waals surface area contributed by atoms with Crippen LogP contribution in [0.3, 0.4) is 0 Å². The average Bonchev–Trinajstić information content (AvgIpc) is 2.70. The van der Waals surface area contributed by atoms with E-state index in [1.54, 1.807) is 23.1 Å². The maximum absolute atomic E-state index is 3.56. The Kier molecular flexibility index (Phi) is 4.90. The van der Waals surface area contributed by atoms with Crippen LogP contribution in [0.25, 0.3) is 0 Å². The highest BCUT2D eigenvalue weighted by atomic mass is 79.9. The summed E-state index contributed by atoms with van der Waals surface area (Å²) in [5, 5.41) is 3.41. The minimum Gasteiger partial charge on any atom is -0.309 e. The lowest BCUT2D eigenvalue weighted by atomic mass is 10.00. The van der Waals surface area contributed by atoms with Crippen LogP contribution in [0.5, 0.6) is 0 Å². The number of aryl methyl sites for hydroxylation is 1. The van der Waals surface area contributed by atoms with E-state index in [1.165, 1.54) is 24.7 Å². The smallest absolute Gasteiger partial charge is 0.0704 e. The summed E-state index contributed by atoms with van der Waals surface area (Å²) in [6.07, 6.45) is 2.10. The van der Waals surface area contributed by atoms with Crippen molar-refractivity contribution < 1.29 is 0 Å². The van der Waals surface area contributed by atoms with Crippen LogP contribution >= 0.6 is 39.0 Å². The Morgan fingerprint density at radius 2 is 1.94 bits per heavy atom. The van der Waals surface area contributed by atoms with Gasteiger partial charge in [-0.15, -0.1) is 23.1 Å². The normalized spacial score (nSPS) is 12.7. The lowest BCUT2D eigenvalue weighted by Crippen LogP contribution is -2.17. The van der Waals surface area contributed by atoms with Crippen molar-refractivity contribution in [2.24, 2.45) is 0 Å². The molecule has 1 aromatic carbocycles. The summed E-state index contributed by atoms with van der Waals surface area (Å²) in [5.41, 5.74) is 2.66. The van der Waals surface area contributed by atoms with Crippen molar-refractivity contribution in [1.29, 1.82) is 0 Å². The van der Waals surface area contributed by atoms with E-state index in [0.29, 0.717) is 0 Å². The summed E-state index contributed by atoms with van der Waals surface area (Å²) in [6.45, 7) is 2.17. The Labute approximate surface area is 125 Å². The fraction of sp³-hybridized carbons (Fsp3) is 0.286. The van der Waals surface area contributed by atoms with Gasteiger partial charge in [-0.25, -0.2) is 0 Å². The van der Waals surface area contributed by atoms with E-state index < -0.39 is 0 Å². The predicted molar refractivity (Wildman–Crippen MR) is 85.9 cm³/mol. The number of halogens is 1. The van der Waals surface area contributed by atoms with Gasteiger partial charge in [0.2, 0.25) is 0 Å². The third kappa shape index (κ3) is 2.99. The molecule has 1 aromatic heterocycles. The highest BCUT2D eigenvalue weighted by molar-refractivity contribution is 9.11. The topological polar surface area (TPSA) is 12.0 Å². The lowest BCUT2D eigenvalue weighted by Gasteiger charge is -2.17. The van der Waals surface area contributed by atoms with Crippen molar-refractivity contribution in [3.63, 3.8) is 0 Å². The lowest BCUT2D eigenvalue weighted by molar-refractivity contribution is 0.690. The zero-order valence-corrected chi connectivity index (χ0v) is 13.9. The van der Waals surface area contributed by atoms with Crippen molar-refractivity contribution in [2.45, 2.75) is 17.9 Å². The van der Waals surface area contributed by atoms with Gasteiger partial charge in [0.15, 0.2) is 0 Å². The SMILES string of the molecule is CNC(c1ccc(SC)cc1)c1cc(Br)sc1C. The van der Waals surface area contributed by atoms with Gasteiger partial charge < -0.3 is 5.32 Å². The molecule has 1 heterocycles. The van der Waals surface area contributed by atoms with Gasteiger partial charge in [-0.3, -0.25) is 0 Å². The molecular formula is C14H16BrNS2. The van der Waals surface area contributed by atoms with Gasteiger partial charge in [-0.1, -0.05) is 12.1 Å². The number of hydrogen-bond acceptors (Lipinski definition) is 3. The molecule has 1 atom stereocenters. The first-order valence-corrected chi connectivity index (χ1v) is 8.56. The number of rotatable bonds is 4. The molecule has 0 amide bonds. The minimum absolute atomic E-state index is 0.267. The third-order valence-corrected chi connectivity index (χ3v) is 5.29. The van der Waals surface area contributed by atoms with Gasteiger partial charge in [-0.2, -0.15) is 0 Å². The van der Waals surface area contributed by atoms with E-state index in [2.05, 4.69) is 64.8 Å². The van der Waals surface area contributed by atoms with Crippen LogP contribution in [0.15, 0.2) is 39.0 Å². The molecule has 0 aliphatic carbocycles. The number of nitrogens with one attached hydrogen (secondary N) is 1. The van der Waals surface area contributed by atoms with E-state index in [1.807, 2.05) is 7.05 Å². The molecule has 0 saturated heterocycles. The van der Waals surface area contributed by atoms with Crippen molar-refractivity contribution in [3.8, 4) is 0 Å². The molecule has 0 bridgehead atoms. The van der Waals surface area contributed by atoms with Gasteiger partial charge in [0.1, 0.15) is 0 Å². The number of benzene rings is 1. The van der Waals surface area contributed by atoms with E-state index in [0.717, 1.165) is 0 Å². The van der Waals surface area contributed by atoms with Gasteiger partial charge in [0, 0.05) is 9.77 Å². The monoisotopic (exact) mass is 341 g/mol.